The lowest BCUT2D eigenvalue weighted by Gasteiger charge is -2.05. The third-order valence-corrected chi connectivity index (χ3v) is 0.538. The van der Waals surface area contributed by atoms with Gasteiger partial charge in [0, 0.05) is 18.8 Å². The Hall–Kier alpha value is -0.590. The second-order valence-corrected chi connectivity index (χ2v) is 6.95. The summed E-state index contributed by atoms with van der Waals surface area (Å²) >= 11 is 0. The van der Waals surface area contributed by atoms with Gasteiger partial charge in [0.15, 0.2) is 0 Å². The van der Waals surface area contributed by atoms with Crippen LogP contribution in [-0.2, 0) is 0 Å². The Labute approximate surface area is 96.7 Å². The Morgan fingerprint density at radius 3 is 1.20 bits per heavy atom. The van der Waals surface area contributed by atoms with Gasteiger partial charge < -0.3 is 0 Å². The van der Waals surface area contributed by atoms with E-state index in [1.165, 1.54) is 0 Å². The summed E-state index contributed by atoms with van der Waals surface area (Å²) in [6, 6.07) is 0. The zero-order chi connectivity index (χ0) is 12.5. The quantitative estimate of drug-likeness (QED) is 0.530. The highest BCUT2D eigenvalue weighted by atomic mass is 14.7. The largest absolute Gasteiger partial charge is 0.269 e. The van der Waals surface area contributed by atoms with Crippen LogP contribution >= 0.6 is 0 Å². The second-order valence-electron chi connectivity index (χ2n) is 6.95. The summed E-state index contributed by atoms with van der Waals surface area (Å²) < 4.78 is 0. The predicted octanol–water partition coefficient (Wildman–Crippen LogP) is 5.08. The average Bonchev–Trinajstić information content (AvgIpc) is 2.28. The Kier molecular flexibility index (Phi) is 8.60. The first kappa shape index (κ1) is 16.8. The van der Waals surface area contributed by atoms with Gasteiger partial charge in [-0.15, -0.1) is 0 Å². The maximum atomic E-state index is 3.78. The van der Waals surface area contributed by atoms with Crippen molar-refractivity contribution in [3.63, 3.8) is 0 Å². The van der Waals surface area contributed by atoms with E-state index in [9.17, 15) is 0 Å². The molecule has 0 saturated heterocycles. The number of rotatable bonds is 0. The standard InChI is InChI=1S/2C5H12.C4H5N/c2*1-5(2,3)4;1-2-4-5-3-1/h2*1-4H3;1,3-4H,2H2. The summed E-state index contributed by atoms with van der Waals surface area (Å²) in [4.78, 5) is 3.78. The Morgan fingerprint density at radius 2 is 1.13 bits per heavy atom. The maximum absolute atomic E-state index is 3.78. The van der Waals surface area contributed by atoms with E-state index < -0.39 is 0 Å². The molecule has 0 aliphatic carbocycles. The molecule has 90 valence electrons. The number of hydrogen-bond donors (Lipinski definition) is 0. The molecule has 1 aliphatic heterocycles. The topological polar surface area (TPSA) is 12.4 Å². The lowest BCUT2D eigenvalue weighted by molar-refractivity contribution is 0.469. The predicted molar refractivity (Wildman–Crippen MR) is 72.5 cm³/mol. The fraction of sp³-hybridized carbons (Fsp3) is 0.786. The first-order valence-corrected chi connectivity index (χ1v) is 5.67. The average molecular weight is 211 g/mol. The molecule has 0 spiro atoms. The Morgan fingerprint density at radius 1 is 0.800 bits per heavy atom. The first-order valence-electron chi connectivity index (χ1n) is 5.67. The zero-order valence-corrected chi connectivity index (χ0v) is 11.9. The lowest BCUT2D eigenvalue weighted by Crippen LogP contribution is -1.93. The molecule has 0 atom stereocenters. The second kappa shape index (κ2) is 7.67. The van der Waals surface area contributed by atoms with Crippen molar-refractivity contribution in [2.45, 2.75) is 61.8 Å². The molecule has 1 heteroatoms. The van der Waals surface area contributed by atoms with E-state index in [1.54, 1.807) is 6.20 Å². The number of aliphatic imine (C=N–C) groups is 1. The van der Waals surface area contributed by atoms with Gasteiger partial charge in [-0.2, -0.15) is 0 Å². The molecular formula is C14H29N. The third kappa shape index (κ3) is 89.8. The van der Waals surface area contributed by atoms with E-state index in [0.29, 0.717) is 10.8 Å². The molecule has 1 heterocycles. The van der Waals surface area contributed by atoms with Crippen LogP contribution in [0.15, 0.2) is 17.3 Å². The molecule has 0 aromatic carbocycles. The first-order chi connectivity index (χ1) is 6.50. The minimum Gasteiger partial charge on any atom is -0.269 e. The molecule has 1 aliphatic rings. The maximum Gasteiger partial charge on any atom is 0.0227 e. The molecule has 0 bridgehead atoms. The Balaban J connectivity index is 0. The van der Waals surface area contributed by atoms with Gasteiger partial charge in [-0.25, -0.2) is 0 Å². The highest BCUT2D eigenvalue weighted by Gasteiger charge is 1.96. The van der Waals surface area contributed by atoms with Crippen LogP contribution in [0.4, 0.5) is 0 Å². The van der Waals surface area contributed by atoms with Gasteiger partial charge in [-0.05, 0) is 10.8 Å². The van der Waals surface area contributed by atoms with Gasteiger partial charge in [-0.1, -0.05) is 61.5 Å². The summed E-state index contributed by atoms with van der Waals surface area (Å²) in [6.07, 6.45) is 6.72. The van der Waals surface area contributed by atoms with Crippen molar-refractivity contribution in [1.82, 2.24) is 0 Å². The summed E-state index contributed by atoms with van der Waals surface area (Å²) in [5, 5.41) is 0. The summed E-state index contributed by atoms with van der Waals surface area (Å²) in [5.41, 5.74) is 1.00. The summed E-state index contributed by atoms with van der Waals surface area (Å²) in [6.45, 7) is 17.5. The minimum absolute atomic E-state index is 0.500. The smallest absolute Gasteiger partial charge is 0.0227 e. The molecule has 0 aromatic rings. The molecular weight excluding hydrogens is 182 g/mol. The molecule has 0 saturated carbocycles. The van der Waals surface area contributed by atoms with E-state index in [0.717, 1.165) is 6.42 Å². The van der Waals surface area contributed by atoms with E-state index in [4.69, 9.17) is 0 Å². The van der Waals surface area contributed by atoms with E-state index >= 15 is 0 Å². The fourth-order valence-electron chi connectivity index (χ4n) is 0.304. The van der Waals surface area contributed by atoms with Crippen LogP contribution in [0.1, 0.15) is 61.8 Å². The van der Waals surface area contributed by atoms with Gasteiger partial charge in [0.25, 0.3) is 0 Å². The normalized spacial score (nSPS) is 13.9. The van der Waals surface area contributed by atoms with E-state index in [2.05, 4.69) is 60.4 Å². The van der Waals surface area contributed by atoms with Crippen molar-refractivity contribution in [3.8, 4) is 0 Å². The highest BCUT2D eigenvalue weighted by Crippen LogP contribution is 2.08. The zero-order valence-electron chi connectivity index (χ0n) is 11.9. The number of hydrogen-bond acceptors (Lipinski definition) is 1. The molecule has 0 aromatic heterocycles. The molecule has 0 radical (unpaired) electrons. The molecule has 1 rings (SSSR count). The van der Waals surface area contributed by atoms with E-state index in [-0.39, 0.29) is 0 Å². The fourth-order valence-corrected chi connectivity index (χ4v) is 0.304. The molecule has 1 nitrogen and oxygen atoms in total. The number of allylic oxidation sites excluding steroid dienone is 1. The SMILES string of the molecule is C1=CN=CC1.CC(C)(C)C.CC(C)(C)C. The molecule has 0 unspecified atom stereocenters. The monoisotopic (exact) mass is 211 g/mol. The van der Waals surface area contributed by atoms with Crippen LogP contribution in [0.25, 0.3) is 0 Å². The van der Waals surface area contributed by atoms with Gasteiger partial charge in [-0.3, -0.25) is 4.99 Å². The van der Waals surface area contributed by atoms with Crippen molar-refractivity contribution in [1.29, 1.82) is 0 Å². The van der Waals surface area contributed by atoms with Crippen molar-refractivity contribution in [3.05, 3.63) is 12.3 Å². The lowest BCUT2D eigenvalue weighted by atomic mass is 10.0. The summed E-state index contributed by atoms with van der Waals surface area (Å²) in [7, 11) is 0. The molecule has 0 N–H and O–H groups in total. The highest BCUT2D eigenvalue weighted by molar-refractivity contribution is 5.62. The van der Waals surface area contributed by atoms with Crippen LogP contribution in [0, 0.1) is 10.8 Å². The molecule has 0 fully saturated rings. The number of nitrogens with zero attached hydrogens (tertiary/aromatic N) is 1. The third-order valence-electron chi connectivity index (χ3n) is 0.538. The minimum atomic E-state index is 0.500. The van der Waals surface area contributed by atoms with Crippen LogP contribution in [0.3, 0.4) is 0 Å². The van der Waals surface area contributed by atoms with Crippen LogP contribution < -0.4 is 0 Å². The molecule has 0 amide bonds. The van der Waals surface area contributed by atoms with Gasteiger partial charge in [0.05, 0.1) is 0 Å². The van der Waals surface area contributed by atoms with E-state index in [1.807, 2.05) is 12.3 Å². The van der Waals surface area contributed by atoms with Gasteiger partial charge >= 0.3 is 0 Å². The van der Waals surface area contributed by atoms with Crippen LogP contribution in [-0.4, -0.2) is 6.21 Å². The molecule has 15 heavy (non-hydrogen) atoms. The van der Waals surface area contributed by atoms with Crippen molar-refractivity contribution in [2.24, 2.45) is 15.8 Å². The van der Waals surface area contributed by atoms with Crippen molar-refractivity contribution < 1.29 is 0 Å². The Bertz CT molecular complexity index is 152. The van der Waals surface area contributed by atoms with Crippen LogP contribution in [0.5, 0.6) is 0 Å². The van der Waals surface area contributed by atoms with Gasteiger partial charge in [0.2, 0.25) is 0 Å². The van der Waals surface area contributed by atoms with Crippen LogP contribution in [0.2, 0.25) is 0 Å². The van der Waals surface area contributed by atoms with Crippen molar-refractivity contribution >= 4 is 6.21 Å². The van der Waals surface area contributed by atoms with Crippen molar-refractivity contribution in [2.75, 3.05) is 0 Å². The van der Waals surface area contributed by atoms with Gasteiger partial charge in [0.1, 0.15) is 0 Å². The summed E-state index contributed by atoms with van der Waals surface area (Å²) in [5.74, 6) is 0.